The van der Waals surface area contributed by atoms with Gasteiger partial charge in [0.05, 0.1) is 12.7 Å². The third kappa shape index (κ3) is 3.75. The van der Waals surface area contributed by atoms with Crippen LogP contribution >= 0.6 is 0 Å². The van der Waals surface area contributed by atoms with Crippen LogP contribution in [0, 0.1) is 0 Å². The van der Waals surface area contributed by atoms with Crippen LogP contribution in [-0.4, -0.2) is 12.9 Å². The molecule has 0 radical (unpaired) electrons. The van der Waals surface area contributed by atoms with Crippen molar-refractivity contribution < 1.29 is 22.7 Å². The monoisotopic (exact) mass is 306 g/mol. The summed E-state index contributed by atoms with van der Waals surface area (Å²) in [6.45, 7) is 0. The van der Waals surface area contributed by atoms with Gasteiger partial charge in [-0.2, -0.15) is 13.2 Å². The minimum absolute atomic E-state index is 0.0498. The summed E-state index contributed by atoms with van der Waals surface area (Å²) < 4.78 is 43.6. The van der Waals surface area contributed by atoms with Gasteiger partial charge in [0, 0.05) is 5.56 Å². The van der Waals surface area contributed by atoms with Crippen molar-refractivity contribution in [2.24, 2.45) is 0 Å². The van der Waals surface area contributed by atoms with Crippen molar-refractivity contribution in [3.05, 3.63) is 71.3 Å². The molecule has 0 aromatic heterocycles. The van der Waals surface area contributed by atoms with Gasteiger partial charge in [-0.15, -0.1) is 0 Å². The average molecular weight is 306 g/mol. The van der Waals surface area contributed by atoms with E-state index in [1.807, 2.05) is 0 Å². The molecule has 0 atom stereocenters. The van der Waals surface area contributed by atoms with Gasteiger partial charge in [0.2, 0.25) is 0 Å². The van der Waals surface area contributed by atoms with Crippen LogP contribution in [0.3, 0.4) is 0 Å². The summed E-state index contributed by atoms with van der Waals surface area (Å²) in [6, 6.07) is 11.5. The zero-order chi connectivity index (χ0) is 16.2. The molecule has 114 valence electrons. The molecule has 0 spiro atoms. The number of carbonyl (C=O) groups excluding carboxylic acids is 1. The van der Waals surface area contributed by atoms with Crippen LogP contribution in [0.2, 0.25) is 0 Å². The molecule has 0 aliphatic rings. The Morgan fingerprint density at radius 3 is 2.50 bits per heavy atom. The predicted molar refractivity (Wildman–Crippen MR) is 77.8 cm³/mol. The van der Waals surface area contributed by atoms with Crippen molar-refractivity contribution in [1.82, 2.24) is 0 Å². The molecular weight excluding hydrogens is 293 g/mol. The molecule has 0 fully saturated rings. The summed E-state index contributed by atoms with van der Waals surface area (Å²) in [4.78, 5) is 12.0. The first kappa shape index (κ1) is 15.8. The van der Waals surface area contributed by atoms with Crippen molar-refractivity contribution in [1.29, 1.82) is 0 Å². The minimum atomic E-state index is -4.46. The predicted octanol–water partition coefficient (Wildman–Crippen LogP) is 4.61. The highest BCUT2D eigenvalue weighted by molar-refractivity contribution is 6.07. The normalized spacial score (nSPS) is 11.6. The summed E-state index contributed by atoms with van der Waals surface area (Å²) >= 11 is 0. The smallest absolute Gasteiger partial charge is 0.416 e. The SMILES string of the molecule is COc1cccc(C(=O)/C=C/c2ccccc2C(F)(F)F)c1. The van der Waals surface area contributed by atoms with E-state index in [0.29, 0.717) is 11.3 Å². The number of rotatable bonds is 4. The van der Waals surface area contributed by atoms with Crippen LogP contribution in [0.15, 0.2) is 54.6 Å². The second-order valence-corrected chi connectivity index (χ2v) is 4.51. The molecule has 2 nitrogen and oxygen atoms in total. The standard InChI is InChI=1S/C17H13F3O2/c1-22-14-7-4-6-13(11-14)16(21)10-9-12-5-2-3-8-15(12)17(18,19)20/h2-11H,1H3/b10-9+. The molecule has 0 N–H and O–H groups in total. The molecule has 2 aromatic rings. The van der Waals surface area contributed by atoms with Gasteiger partial charge in [0.1, 0.15) is 5.75 Å². The molecule has 2 rings (SSSR count). The number of ether oxygens (including phenoxy) is 1. The number of benzene rings is 2. The molecule has 22 heavy (non-hydrogen) atoms. The Morgan fingerprint density at radius 1 is 1.09 bits per heavy atom. The maximum Gasteiger partial charge on any atom is 0.416 e. The van der Waals surface area contributed by atoms with Crippen LogP contribution in [0.25, 0.3) is 6.08 Å². The van der Waals surface area contributed by atoms with Crippen molar-refractivity contribution >= 4 is 11.9 Å². The Hall–Kier alpha value is -2.56. The summed E-state index contributed by atoms with van der Waals surface area (Å²) in [7, 11) is 1.47. The van der Waals surface area contributed by atoms with Crippen LogP contribution in [-0.2, 0) is 6.18 Å². The van der Waals surface area contributed by atoms with E-state index < -0.39 is 17.5 Å². The lowest BCUT2D eigenvalue weighted by Gasteiger charge is -2.09. The van der Waals surface area contributed by atoms with E-state index in [1.165, 1.54) is 37.5 Å². The highest BCUT2D eigenvalue weighted by Gasteiger charge is 2.32. The number of hydrogen-bond acceptors (Lipinski definition) is 2. The lowest BCUT2D eigenvalue weighted by molar-refractivity contribution is -0.137. The van der Waals surface area contributed by atoms with Gasteiger partial charge in [-0.1, -0.05) is 36.4 Å². The lowest BCUT2D eigenvalue weighted by atomic mass is 10.0. The van der Waals surface area contributed by atoms with Crippen molar-refractivity contribution in [3.8, 4) is 5.75 Å². The first-order valence-electron chi connectivity index (χ1n) is 6.44. The van der Waals surface area contributed by atoms with Crippen molar-refractivity contribution in [2.75, 3.05) is 7.11 Å². The average Bonchev–Trinajstić information content (AvgIpc) is 2.52. The molecule has 0 amide bonds. The third-order valence-corrected chi connectivity index (χ3v) is 3.03. The third-order valence-electron chi connectivity index (χ3n) is 3.03. The largest absolute Gasteiger partial charge is 0.497 e. The van der Waals surface area contributed by atoms with Crippen molar-refractivity contribution in [2.45, 2.75) is 6.18 Å². The fourth-order valence-electron chi connectivity index (χ4n) is 1.94. The van der Waals surface area contributed by atoms with Crippen LogP contribution in [0.1, 0.15) is 21.5 Å². The Bertz CT molecular complexity index is 703. The summed E-state index contributed by atoms with van der Waals surface area (Å²) in [5, 5.41) is 0. The zero-order valence-electron chi connectivity index (χ0n) is 11.7. The molecule has 2 aromatic carbocycles. The fraction of sp³-hybridized carbons (Fsp3) is 0.118. The van der Waals surface area contributed by atoms with Crippen LogP contribution in [0.4, 0.5) is 13.2 Å². The Balaban J connectivity index is 2.27. The Labute approximate surface area is 125 Å². The topological polar surface area (TPSA) is 26.3 Å². The summed E-state index contributed by atoms with van der Waals surface area (Å²) in [6.07, 6.45) is -2.16. The summed E-state index contributed by atoms with van der Waals surface area (Å²) in [5.41, 5.74) is -0.476. The lowest BCUT2D eigenvalue weighted by Crippen LogP contribution is -2.07. The van der Waals surface area contributed by atoms with Gasteiger partial charge in [-0.3, -0.25) is 4.79 Å². The maximum absolute atomic E-state index is 12.9. The number of methoxy groups -OCH3 is 1. The quantitative estimate of drug-likeness (QED) is 0.609. The van der Waals surface area contributed by atoms with Gasteiger partial charge >= 0.3 is 6.18 Å². The first-order valence-corrected chi connectivity index (χ1v) is 6.44. The molecule has 0 unspecified atom stereocenters. The summed E-state index contributed by atoms with van der Waals surface area (Å²) in [5.74, 6) is 0.116. The number of halogens is 3. The van der Waals surface area contributed by atoms with Gasteiger partial charge in [0.25, 0.3) is 0 Å². The number of alkyl halides is 3. The number of allylic oxidation sites excluding steroid dienone is 1. The number of ketones is 1. The molecule has 5 heteroatoms. The van der Waals surface area contributed by atoms with Gasteiger partial charge < -0.3 is 4.74 Å². The second kappa shape index (κ2) is 6.47. The molecule has 0 aliphatic heterocycles. The van der Waals surface area contributed by atoms with E-state index >= 15 is 0 Å². The molecular formula is C17H13F3O2. The Kier molecular flexibility index (Phi) is 4.65. The van der Waals surface area contributed by atoms with E-state index in [1.54, 1.807) is 18.2 Å². The van der Waals surface area contributed by atoms with Gasteiger partial charge in [-0.05, 0) is 29.8 Å². The number of carbonyl (C=O) groups is 1. The number of hydrogen-bond donors (Lipinski definition) is 0. The molecule has 0 saturated heterocycles. The van der Waals surface area contributed by atoms with Crippen LogP contribution < -0.4 is 4.74 Å². The Morgan fingerprint density at radius 2 is 1.82 bits per heavy atom. The molecule has 0 heterocycles. The highest BCUT2D eigenvalue weighted by Crippen LogP contribution is 2.32. The zero-order valence-corrected chi connectivity index (χ0v) is 11.7. The van der Waals surface area contributed by atoms with E-state index in [9.17, 15) is 18.0 Å². The van der Waals surface area contributed by atoms with E-state index in [-0.39, 0.29) is 5.56 Å². The fourth-order valence-corrected chi connectivity index (χ4v) is 1.94. The minimum Gasteiger partial charge on any atom is -0.497 e. The molecule has 0 saturated carbocycles. The van der Waals surface area contributed by atoms with Gasteiger partial charge in [0.15, 0.2) is 5.78 Å². The highest BCUT2D eigenvalue weighted by atomic mass is 19.4. The molecule has 0 aliphatic carbocycles. The van der Waals surface area contributed by atoms with Crippen LogP contribution in [0.5, 0.6) is 5.75 Å². The van der Waals surface area contributed by atoms with E-state index in [2.05, 4.69) is 0 Å². The van der Waals surface area contributed by atoms with Gasteiger partial charge in [-0.25, -0.2) is 0 Å². The van der Waals surface area contributed by atoms with E-state index in [4.69, 9.17) is 4.74 Å². The second-order valence-electron chi connectivity index (χ2n) is 4.51. The van der Waals surface area contributed by atoms with Crippen molar-refractivity contribution in [3.63, 3.8) is 0 Å². The maximum atomic E-state index is 12.9. The first-order chi connectivity index (χ1) is 10.4. The molecule has 0 bridgehead atoms. The van der Waals surface area contributed by atoms with E-state index in [0.717, 1.165) is 12.1 Å².